The highest BCUT2D eigenvalue weighted by Gasteiger charge is 2.03. The molecule has 0 unspecified atom stereocenters. The van der Waals surface area contributed by atoms with Crippen LogP contribution in [-0.2, 0) is 9.59 Å². The summed E-state index contributed by atoms with van der Waals surface area (Å²) in [5.74, 6) is -1.71. The number of amides is 1. The molecule has 0 saturated carbocycles. The summed E-state index contributed by atoms with van der Waals surface area (Å²) in [6, 6.07) is 0. The molecule has 164 valence electrons. The van der Waals surface area contributed by atoms with Gasteiger partial charge in [-0.2, -0.15) is 0 Å². The molecule has 7 nitrogen and oxygen atoms in total. The van der Waals surface area contributed by atoms with Crippen molar-refractivity contribution in [1.82, 2.24) is 5.32 Å². The highest BCUT2D eigenvalue weighted by molar-refractivity contribution is 5.95. The largest absolute Gasteiger partial charge is 0.481 e. The summed E-state index contributed by atoms with van der Waals surface area (Å²) in [6.07, 6.45) is 19.7. The van der Waals surface area contributed by atoms with Gasteiger partial charge in [0.05, 0.1) is 0 Å². The van der Waals surface area contributed by atoms with Crippen LogP contribution in [0.1, 0.15) is 117 Å². The fourth-order valence-corrected chi connectivity index (χ4v) is 2.87. The summed E-state index contributed by atoms with van der Waals surface area (Å²) < 4.78 is 0. The Balaban J connectivity index is 0. The lowest BCUT2D eigenvalue weighted by Crippen LogP contribution is -2.27. The van der Waals surface area contributed by atoms with Crippen LogP contribution in [0.3, 0.4) is 0 Å². The quantitative estimate of drug-likeness (QED) is 0.125. The molecule has 28 heavy (non-hydrogen) atoms. The SMILES string of the molecule is CC(=O)O.CCCCCCCCCCCCCCCCCC(=O)NC(=N)N=O. The third-order valence-electron chi connectivity index (χ3n) is 4.36. The topological polar surface area (TPSA) is 120 Å². The molecule has 0 aliphatic heterocycles. The van der Waals surface area contributed by atoms with E-state index in [1.807, 2.05) is 0 Å². The zero-order valence-corrected chi connectivity index (χ0v) is 17.9. The van der Waals surface area contributed by atoms with E-state index in [0.717, 1.165) is 26.2 Å². The Bertz CT molecular complexity index is 410. The molecule has 1 amide bonds. The van der Waals surface area contributed by atoms with Crippen molar-refractivity contribution >= 4 is 17.8 Å². The van der Waals surface area contributed by atoms with Crippen LogP contribution in [0.4, 0.5) is 0 Å². The molecule has 0 saturated heterocycles. The third-order valence-corrected chi connectivity index (χ3v) is 4.36. The molecule has 7 heteroatoms. The summed E-state index contributed by atoms with van der Waals surface area (Å²) in [5, 5.41) is 18.9. The number of guanidine groups is 1. The monoisotopic (exact) mass is 399 g/mol. The highest BCUT2D eigenvalue weighted by Crippen LogP contribution is 2.13. The molecule has 0 aromatic carbocycles. The zero-order valence-electron chi connectivity index (χ0n) is 17.9. The molecule has 0 aliphatic carbocycles. The summed E-state index contributed by atoms with van der Waals surface area (Å²) >= 11 is 0. The first-order valence-electron chi connectivity index (χ1n) is 10.8. The molecule has 0 radical (unpaired) electrons. The predicted octanol–water partition coefficient (Wildman–Crippen LogP) is 6.16. The third kappa shape index (κ3) is 29.0. The molecular formula is C21H41N3O4. The van der Waals surface area contributed by atoms with Crippen molar-refractivity contribution in [3.63, 3.8) is 0 Å². The van der Waals surface area contributed by atoms with Gasteiger partial charge < -0.3 is 5.11 Å². The number of nitroso groups, excluding NO2 is 1. The van der Waals surface area contributed by atoms with Crippen molar-refractivity contribution in [2.45, 2.75) is 117 Å². The van der Waals surface area contributed by atoms with Crippen molar-refractivity contribution in [1.29, 1.82) is 5.41 Å². The fraction of sp³-hybridized carbons (Fsp3) is 0.857. The molecule has 0 rings (SSSR count). The number of nitrogens with one attached hydrogen (secondary N) is 2. The van der Waals surface area contributed by atoms with E-state index in [9.17, 15) is 9.70 Å². The van der Waals surface area contributed by atoms with E-state index in [2.05, 4.69) is 17.4 Å². The van der Waals surface area contributed by atoms with E-state index >= 15 is 0 Å². The number of carboxylic acids is 1. The molecule has 0 spiro atoms. The van der Waals surface area contributed by atoms with Crippen LogP contribution in [0.15, 0.2) is 5.18 Å². The average Bonchev–Trinajstić information content (AvgIpc) is 2.64. The van der Waals surface area contributed by atoms with E-state index < -0.39 is 11.9 Å². The minimum Gasteiger partial charge on any atom is -0.481 e. The first-order valence-corrected chi connectivity index (χ1v) is 10.8. The predicted molar refractivity (Wildman–Crippen MR) is 115 cm³/mol. The Morgan fingerprint density at radius 1 is 0.786 bits per heavy atom. The van der Waals surface area contributed by atoms with Crippen molar-refractivity contribution < 1.29 is 14.7 Å². The van der Waals surface area contributed by atoms with Crippen molar-refractivity contribution in [2.75, 3.05) is 0 Å². The number of carbonyl (C=O) groups excluding carboxylic acids is 1. The van der Waals surface area contributed by atoms with Crippen molar-refractivity contribution in [2.24, 2.45) is 5.18 Å². The number of rotatable bonds is 16. The lowest BCUT2D eigenvalue weighted by atomic mass is 10.0. The first-order chi connectivity index (χ1) is 13.4. The lowest BCUT2D eigenvalue weighted by molar-refractivity contribution is -0.134. The maximum absolute atomic E-state index is 11.3. The number of nitrogens with zero attached hydrogens (tertiary/aromatic N) is 1. The summed E-state index contributed by atoms with van der Waals surface area (Å²) in [4.78, 5) is 30.3. The Kier molecular flexibility index (Phi) is 23.6. The van der Waals surface area contributed by atoms with Gasteiger partial charge in [-0.05, 0) is 6.42 Å². The minimum atomic E-state index is -0.833. The number of hydrogen-bond donors (Lipinski definition) is 3. The fourth-order valence-electron chi connectivity index (χ4n) is 2.87. The van der Waals surface area contributed by atoms with Crippen molar-refractivity contribution in [3.05, 3.63) is 4.91 Å². The van der Waals surface area contributed by atoms with Gasteiger partial charge in [-0.3, -0.25) is 20.3 Å². The van der Waals surface area contributed by atoms with E-state index in [-0.39, 0.29) is 5.91 Å². The Hall–Kier alpha value is -1.79. The van der Waals surface area contributed by atoms with Gasteiger partial charge in [-0.25, -0.2) is 0 Å². The molecule has 0 aromatic heterocycles. The van der Waals surface area contributed by atoms with E-state index in [1.54, 1.807) is 0 Å². The second-order valence-electron chi connectivity index (χ2n) is 7.21. The minimum absolute atomic E-state index is 0.283. The van der Waals surface area contributed by atoms with Gasteiger partial charge in [-0.15, -0.1) is 4.91 Å². The highest BCUT2D eigenvalue weighted by atomic mass is 16.4. The van der Waals surface area contributed by atoms with Gasteiger partial charge in [0.1, 0.15) is 0 Å². The second kappa shape index (κ2) is 23.2. The van der Waals surface area contributed by atoms with Crippen molar-refractivity contribution in [3.8, 4) is 0 Å². The molecule has 0 aliphatic rings. The van der Waals surface area contributed by atoms with Gasteiger partial charge in [0.15, 0.2) is 0 Å². The molecule has 3 N–H and O–H groups in total. The molecule has 0 atom stereocenters. The van der Waals surface area contributed by atoms with Crippen LogP contribution < -0.4 is 5.32 Å². The van der Waals surface area contributed by atoms with E-state index in [4.69, 9.17) is 15.3 Å². The smallest absolute Gasteiger partial charge is 0.300 e. The Labute approximate surface area is 170 Å². The van der Waals surface area contributed by atoms with Gasteiger partial charge in [0.2, 0.25) is 5.91 Å². The van der Waals surface area contributed by atoms with Gasteiger partial charge in [0, 0.05) is 18.5 Å². The standard InChI is InChI=1S/C19H37N3O2.C2H4O2/c1-2-3-4-5-6-7-8-9-10-11-12-13-14-15-16-17-18(23)21-19(20)22-24;1-2(3)4/h2-17H2,1H3,(H2,20,21,23);1H3,(H,3,4). The number of carbonyl (C=O) groups is 2. The molecular weight excluding hydrogens is 358 g/mol. The maximum atomic E-state index is 11.3. The average molecular weight is 400 g/mol. The molecule has 0 fully saturated rings. The van der Waals surface area contributed by atoms with Gasteiger partial charge in [-0.1, -0.05) is 96.8 Å². The van der Waals surface area contributed by atoms with Gasteiger partial charge >= 0.3 is 0 Å². The Morgan fingerprint density at radius 2 is 1.11 bits per heavy atom. The summed E-state index contributed by atoms with van der Waals surface area (Å²) in [6.45, 7) is 3.34. The van der Waals surface area contributed by atoms with Crippen LogP contribution in [0.2, 0.25) is 0 Å². The second-order valence-corrected chi connectivity index (χ2v) is 7.21. The molecule has 0 bridgehead atoms. The Morgan fingerprint density at radius 3 is 1.43 bits per heavy atom. The van der Waals surface area contributed by atoms with Crippen LogP contribution >= 0.6 is 0 Å². The maximum Gasteiger partial charge on any atom is 0.300 e. The molecule has 0 heterocycles. The van der Waals surface area contributed by atoms with E-state index in [1.165, 1.54) is 77.0 Å². The van der Waals surface area contributed by atoms with Crippen LogP contribution in [-0.4, -0.2) is 22.9 Å². The number of aliphatic carboxylic acids is 1. The van der Waals surface area contributed by atoms with Crippen LogP contribution in [0, 0.1) is 10.3 Å². The molecule has 0 aromatic rings. The zero-order chi connectivity index (χ0) is 21.5. The van der Waals surface area contributed by atoms with Crippen LogP contribution in [0.5, 0.6) is 0 Å². The summed E-state index contributed by atoms with van der Waals surface area (Å²) in [7, 11) is 0. The first kappa shape index (κ1) is 28.4. The van der Waals surface area contributed by atoms with E-state index in [0.29, 0.717) is 6.42 Å². The van der Waals surface area contributed by atoms with Gasteiger partial charge in [0.25, 0.3) is 11.9 Å². The number of unbranched alkanes of at least 4 members (excludes halogenated alkanes) is 14. The normalized spacial score (nSPS) is 9.93. The lowest BCUT2D eigenvalue weighted by Gasteiger charge is -2.03. The number of hydrogen-bond acceptors (Lipinski definition) is 4. The summed E-state index contributed by atoms with van der Waals surface area (Å²) in [5.41, 5.74) is 0. The number of carboxylic acid groups (broad SMARTS) is 1. The van der Waals surface area contributed by atoms with Crippen LogP contribution in [0.25, 0.3) is 0 Å².